The summed E-state index contributed by atoms with van der Waals surface area (Å²) in [4.78, 5) is 10.5. The molecule has 2 N–H and O–H groups in total. The molecule has 0 unspecified atom stereocenters. The van der Waals surface area contributed by atoms with Gasteiger partial charge in [-0.15, -0.1) is 0 Å². The van der Waals surface area contributed by atoms with Gasteiger partial charge in [-0.3, -0.25) is 4.79 Å². The van der Waals surface area contributed by atoms with Gasteiger partial charge in [0.25, 0.3) is 0 Å². The molecule has 0 aromatic heterocycles. The molecule has 1 aromatic carbocycles. The molecule has 0 spiro atoms. The van der Waals surface area contributed by atoms with E-state index in [-0.39, 0.29) is 6.42 Å². The van der Waals surface area contributed by atoms with Gasteiger partial charge in [0.15, 0.2) is 0 Å². The average Bonchev–Trinajstić information content (AvgIpc) is 2.35. The third-order valence-corrected chi connectivity index (χ3v) is 4.33. The van der Waals surface area contributed by atoms with E-state index in [1.165, 1.54) is 24.0 Å². The normalized spacial score (nSPS) is 14.3. The smallest absolute Gasteiger partial charge is 0.303 e. The second-order valence-electron chi connectivity index (χ2n) is 4.79. The van der Waals surface area contributed by atoms with Crippen LogP contribution in [0.1, 0.15) is 42.4 Å². The Labute approximate surface area is 115 Å². The minimum absolute atomic E-state index is 0.147. The number of hydrogen-bond acceptors (Lipinski definition) is 2. The lowest BCUT2D eigenvalue weighted by molar-refractivity contribution is -0.137. The molecule has 0 saturated carbocycles. The number of aryl methyl sites for hydroxylation is 2. The topological polar surface area (TPSA) is 57.5 Å². The molecule has 3 nitrogen and oxygen atoms in total. The van der Waals surface area contributed by atoms with Crippen LogP contribution in [-0.4, -0.2) is 16.2 Å². The van der Waals surface area contributed by atoms with E-state index in [4.69, 9.17) is 5.11 Å². The minimum Gasteiger partial charge on any atom is -0.506 e. The van der Waals surface area contributed by atoms with Crippen LogP contribution < -0.4 is 0 Å². The molecule has 1 aromatic rings. The van der Waals surface area contributed by atoms with Crippen LogP contribution >= 0.6 is 15.9 Å². The lowest BCUT2D eigenvalue weighted by Crippen LogP contribution is -2.05. The largest absolute Gasteiger partial charge is 0.506 e. The highest BCUT2D eigenvalue weighted by atomic mass is 79.9. The fourth-order valence-corrected chi connectivity index (χ4v) is 3.23. The Kier molecular flexibility index (Phi) is 4.27. The molecule has 2 rings (SSSR count). The van der Waals surface area contributed by atoms with Gasteiger partial charge >= 0.3 is 5.97 Å². The molecule has 0 amide bonds. The summed E-state index contributed by atoms with van der Waals surface area (Å²) < 4.78 is 0.810. The number of aliphatic carboxylic acids is 1. The third kappa shape index (κ3) is 2.86. The van der Waals surface area contributed by atoms with Crippen LogP contribution in [0.15, 0.2) is 10.5 Å². The Morgan fingerprint density at radius 2 is 2.06 bits per heavy atom. The summed E-state index contributed by atoms with van der Waals surface area (Å²) in [5, 5.41) is 18.8. The highest BCUT2D eigenvalue weighted by molar-refractivity contribution is 9.10. The number of fused-ring (bicyclic) bond motifs is 1. The second-order valence-corrected chi connectivity index (χ2v) is 5.58. The summed E-state index contributed by atoms with van der Waals surface area (Å²) >= 11 is 3.47. The molecule has 0 aliphatic heterocycles. The highest BCUT2D eigenvalue weighted by Gasteiger charge is 2.18. The molecule has 0 radical (unpaired) electrons. The molecule has 0 fully saturated rings. The number of benzene rings is 1. The lowest BCUT2D eigenvalue weighted by Gasteiger charge is -2.20. The lowest BCUT2D eigenvalue weighted by atomic mass is 9.89. The molecule has 1 aliphatic rings. The van der Waals surface area contributed by atoms with Gasteiger partial charge in [-0.05, 0) is 71.1 Å². The van der Waals surface area contributed by atoms with E-state index in [2.05, 4.69) is 22.0 Å². The summed E-state index contributed by atoms with van der Waals surface area (Å²) in [6.45, 7) is 0. The Hall–Kier alpha value is -1.03. The van der Waals surface area contributed by atoms with Crippen molar-refractivity contribution in [3.8, 4) is 5.75 Å². The van der Waals surface area contributed by atoms with E-state index in [1.807, 2.05) is 0 Å². The van der Waals surface area contributed by atoms with E-state index in [0.29, 0.717) is 18.6 Å². The molecule has 0 saturated heterocycles. The zero-order valence-electron chi connectivity index (χ0n) is 10.2. The monoisotopic (exact) mass is 312 g/mol. The van der Waals surface area contributed by atoms with E-state index < -0.39 is 5.97 Å². The minimum atomic E-state index is -0.786. The predicted octanol–water partition coefficient (Wildman–Crippen LogP) is 3.44. The van der Waals surface area contributed by atoms with Crippen molar-refractivity contribution >= 4 is 21.9 Å². The number of carboxylic acid groups (broad SMARTS) is 1. The van der Waals surface area contributed by atoms with Gasteiger partial charge in [0, 0.05) is 6.42 Å². The number of hydrogen-bond donors (Lipinski definition) is 2. The summed E-state index contributed by atoms with van der Waals surface area (Å²) in [6.07, 6.45) is 5.76. The first-order valence-electron chi connectivity index (χ1n) is 6.33. The van der Waals surface area contributed by atoms with Crippen LogP contribution in [0.4, 0.5) is 0 Å². The van der Waals surface area contributed by atoms with Gasteiger partial charge in [-0.2, -0.15) is 0 Å². The Morgan fingerprint density at radius 1 is 1.33 bits per heavy atom. The van der Waals surface area contributed by atoms with Crippen LogP contribution in [0.2, 0.25) is 0 Å². The molecule has 0 bridgehead atoms. The van der Waals surface area contributed by atoms with Crippen molar-refractivity contribution in [3.05, 3.63) is 27.2 Å². The van der Waals surface area contributed by atoms with Crippen molar-refractivity contribution in [1.29, 1.82) is 0 Å². The van der Waals surface area contributed by atoms with Gasteiger partial charge in [-0.25, -0.2) is 0 Å². The first kappa shape index (κ1) is 13.4. The summed E-state index contributed by atoms with van der Waals surface area (Å²) in [5.41, 5.74) is 3.39. The predicted molar refractivity (Wildman–Crippen MR) is 73.0 cm³/mol. The number of phenolic OH excluding ortho intramolecular Hbond substituents is 1. The number of phenols is 1. The number of carboxylic acids is 1. The van der Waals surface area contributed by atoms with E-state index >= 15 is 0 Å². The van der Waals surface area contributed by atoms with Crippen molar-refractivity contribution in [2.24, 2.45) is 0 Å². The summed E-state index contributed by atoms with van der Waals surface area (Å²) in [6, 6.07) is 2.05. The van der Waals surface area contributed by atoms with Gasteiger partial charge in [0.1, 0.15) is 5.75 Å². The van der Waals surface area contributed by atoms with Gasteiger partial charge in [0.2, 0.25) is 0 Å². The number of rotatable bonds is 4. The van der Waals surface area contributed by atoms with Crippen molar-refractivity contribution in [3.63, 3.8) is 0 Å². The van der Waals surface area contributed by atoms with E-state index in [0.717, 1.165) is 22.9 Å². The first-order valence-corrected chi connectivity index (χ1v) is 7.12. The summed E-state index contributed by atoms with van der Waals surface area (Å²) in [7, 11) is 0. The van der Waals surface area contributed by atoms with Gasteiger partial charge < -0.3 is 10.2 Å². The fraction of sp³-hybridized carbons (Fsp3) is 0.500. The van der Waals surface area contributed by atoms with Crippen molar-refractivity contribution in [1.82, 2.24) is 0 Å². The molecule has 18 heavy (non-hydrogen) atoms. The average molecular weight is 313 g/mol. The Balaban J connectivity index is 2.20. The molecule has 0 heterocycles. The van der Waals surface area contributed by atoms with Crippen LogP contribution in [0.3, 0.4) is 0 Å². The highest BCUT2D eigenvalue weighted by Crippen LogP contribution is 2.38. The molecule has 1 aliphatic carbocycles. The SMILES string of the molecule is O=C(O)CCCc1cc2c(c(Br)c1O)CCCC2. The van der Waals surface area contributed by atoms with Crippen LogP contribution in [-0.2, 0) is 24.1 Å². The zero-order valence-corrected chi connectivity index (χ0v) is 11.8. The number of aromatic hydroxyl groups is 1. The van der Waals surface area contributed by atoms with Crippen molar-refractivity contribution in [2.75, 3.05) is 0 Å². The maximum atomic E-state index is 10.5. The fourth-order valence-electron chi connectivity index (χ4n) is 2.52. The molecule has 0 atom stereocenters. The number of carbonyl (C=O) groups is 1. The first-order chi connectivity index (χ1) is 8.59. The van der Waals surface area contributed by atoms with Crippen molar-refractivity contribution in [2.45, 2.75) is 44.9 Å². The Morgan fingerprint density at radius 3 is 2.78 bits per heavy atom. The van der Waals surface area contributed by atoms with Crippen LogP contribution in [0.25, 0.3) is 0 Å². The number of halogens is 1. The van der Waals surface area contributed by atoms with Crippen LogP contribution in [0, 0.1) is 0 Å². The molecule has 98 valence electrons. The van der Waals surface area contributed by atoms with Gasteiger partial charge in [0.05, 0.1) is 4.47 Å². The quantitative estimate of drug-likeness (QED) is 0.895. The van der Waals surface area contributed by atoms with E-state index in [9.17, 15) is 9.90 Å². The maximum absolute atomic E-state index is 10.5. The third-order valence-electron chi connectivity index (χ3n) is 3.47. The summed E-state index contributed by atoms with van der Waals surface area (Å²) in [5.74, 6) is -0.493. The van der Waals surface area contributed by atoms with Crippen molar-refractivity contribution < 1.29 is 15.0 Å². The zero-order chi connectivity index (χ0) is 13.1. The maximum Gasteiger partial charge on any atom is 0.303 e. The standard InChI is InChI=1S/C14H17BrO3/c15-13-11-6-2-1-4-9(11)8-10(14(13)18)5-3-7-12(16)17/h8,18H,1-7H2,(H,16,17). The van der Waals surface area contributed by atoms with Gasteiger partial charge in [-0.1, -0.05) is 6.07 Å². The van der Waals surface area contributed by atoms with E-state index in [1.54, 1.807) is 0 Å². The molecule has 4 heteroatoms. The second kappa shape index (κ2) is 5.74. The molecular weight excluding hydrogens is 296 g/mol. The van der Waals surface area contributed by atoms with Crippen LogP contribution in [0.5, 0.6) is 5.75 Å². The molecular formula is C14H17BrO3. The Bertz CT molecular complexity index is 469.